The molecule has 0 aliphatic carbocycles. The van der Waals surface area contributed by atoms with Crippen molar-refractivity contribution in [3.05, 3.63) is 27.7 Å². The molecule has 98 valence electrons. The van der Waals surface area contributed by atoms with Gasteiger partial charge in [0.25, 0.3) is 0 Å². The van der Waals surface area contributed by atoms with E-state index in [9.17, 15) is 4.79 Å². The third-order valence-electron chi connectivity index (χ3n) is 3.50. The van der Waals surface area contributed by atoms with Crippen LogP contribution in [0.25, 0.3) is 0 Å². The molecular weight excluding hydrogens is 294 g/mol. The van der Waals surface area contributed by atoms with Gasteiger partial charge in [-0.1, -0.05) is 15.9 Å². The summed E-state index contributed by atoms with van der Waals surface area (Å²) in [6.07, 6.45) is 1.32. The molecule has 1 heterocycles. The van der Waals surface area contributed by atoms with E-state index in [4.69, 9.17) is 4.74 Å². The first-order valence-electron chi connectivity index (χ1n) is 6.10. The fourth-order valence-corrected chi connectivity index (χ4v) is 2.56. The molecule has 2 rings (SSSR count). The van der Waals surface area contributed by atoms with E-state index >= 15 is 0 Å². The average molecular weight is 312 g/mol. The maximum atomic E-state index is 12.2. The van der Waals surface area contributed by atoms with Crippen LogP contribution in [0.3, 0.4) is 0 Å². The van der Waals surface area contributed by atoms with Crippen LogP contribution >= 0.6 is 15.9 Å². The smallest absolute Gasteiger partial charge is 0.156 e. The monoisotopic (exact) mass is 311 g/mol. The minimum absolute atomic E-state index is 0.167. The van der Waals surface area contributed by atoms with Crippen molar-refractivity contribution in [3.8, 4) is 5.75 Å². The predicted molar refractivity (Wildman–Crippen MR) is 75.2 cm³/mol. The van der Waals surface area contributed by atoms with Gasteiger partial charge >= 0.3 is 0 Å². The van der Waals surface area contributed by atoms with Crippen molar-refractivity contribution in [1.29, 1.82) is 0 Å². The number of likely N-dealkylation sites (N-methyl/N-ethyl adjacent to an activating group) is 1. The van der Waals surface area contributed by atoms with Gasteiger partial charge in [-0.3, -0.25) is 4.79 Å². The van der Waals surface area contributed by atoms with Crippen LogP contribution in [-0.2, 0) is 17.6 Å². The molecule has 1 aliphatic rings. The molecule has 0 aromatic heterocycles. The molecule has 0 atom stereocenters. The Balaban J connectivity index is 2.28. The molecule has 1 aliphatic heterocycles. The normalized spacial score (nSPS) is 14.2. The molecule has 0 radical (unpaired) electrons. The zero-order chi connectivity index (χ0) is 13.3. The minimum atomic E-state index is -0.506. The van der Waals surface area contributed by atoms with Crippen molar-refractivity contribution in [1.82, 2.24) is 5.32 Å². The highest BCUT2D eigenvalue weighted by Gasteiger charge is 2.27. The highest BCUT2D eigenvalue weighted by molar-refractivity contribution is 9.10. The molecule has 1 N–H and O–H groups in total. The highest BCUT2D eigenvalue weighted by atomic mass is 79.9. The summed E-state index contributed by atoms with van der Waals surface area (Å²) in [5.74, 6) is 1.07. The first-order valence-corrected chi connectivity index (χ1v) is 6.89. The second-order valence-corrected chi connectivity index (χ2v) is 6.04. The van der Waals surface area contributed by atoms with E-state index in [1.54, 1.807) is 7.05 Å². The molecule has 0 bridgehead atoms. The van der Waals surface area contributed by atoms with Crippen LogP contribution in [0.2, 0.25) is 0 Å². The van der Waals surface area contributed by atoms with Gasteiger partial charge in [0, 0.05) is 22.9 Å². The van der Waals surface area contributed by atoms with E-state index in [-0.39, 0.29) is 5.78 Å². The number of fused-ring (bicyclic) bond motifs is 1. The number of ketones is 1. The fraction of sp³-hybridized carbons (Fsp3) is 0.500. The fourth-order valence-electron chi connectivity index (χ4n) is 2.01. The maximum Gasteiger partial charge on any atom is 0.156 e. The lowest BCUT2D eigenvalue weighted by atomic mass is 9.93. The first kappa shape index (κ1) is 13.6. The number of hydrogen-bond donors (Lipinski definition) is 1. The largest absolute Gasteiger partial charge is 0.493 e. The topological polar surface area (TPSA) is 38.3 Å². The lowest BCUT2D eigenvalue weighted by Gasteiger charge is -2.22. The molecule has 0 unspecified atom stereocenters. The second-order valence-electron chi connectivity index (χ2n) is 5.13. The van der Waals surface area contributed by atoms with Crippen LogP contribution in [0.15, 0.2) is 16.6 Å². The molecule has 4 heteroatoms. The standard InChI is InChI=1S/C14H18BrNO2/c1-14(2,16-3)12(17)8-10-7-11(15)6-9-4-5-18-13(9)10/h6-7,16H,4-5,8H2,1-3H3. The van der Waals surface area contributed by atoms with Crippen molar-refractivity contribution in [2.24, 2.45) is 0 Å². The number of hydrogen-bond acceptors (Lipinski definition) is 3. The Bertz CT molecular complexity index is 483. The zero-order valence-corrected chi connectivity index (χ0v) is 12.6. The number of halogens is 1. The lowest BCUT2D eigenvalue weighted by Crippen LogP contribution is -2.45. The van der Waals surface area contributed by atoms with E-state index in [0.717, 1.165) is 22.2 Å². The summed E-state index contributed by atoms with van der Waals surface area (Å²) < 4.78 is 6.65. The van der Waals surface area contributed by atoms with Crippen molar-refractivity contribution in [3.63, 3.8) is 0 Å². The number of nitrogens with one attached hydrogen (secondary N) is 1. The third kappa shape index (κ3) is 2.59. The number of rotatable bonds is 4. The van der Waals surface area contributed by atoms with Crippen LogP contribution in [0.5, 0.6) is 5.75 Å². The van der Waals surface area contributed by atoms with Gasteiger partial charge in [-0.25, -0.2) is 0 Å². The number of ether oxygens (including phenoxy) is 1. The Hall–Kier alpha value is -0.870. The van der Waals surface area contributed by atoms with Crippen LogP contribution in [-0.4, -0.2) is 25.0 Å². The van der Waals surface area contributed by atoms with Gasteiger partial charge < -0.3 is 10.1 Å². The average Bonchev–Trinajstić information content (AvgIpc) is 2.76. The first-order chi connectivity index (χ1) is 8.44. The van der Waals surface area contributed by atoms with Crippen LogP contribution < -0.4 is 10.1 Å². The van der Waals surface area contributed by atoms with E-state index in [0.29, 0.717) is 13.0 Å². The molecule has 0 spiro atoms. The number of benzene rings is 1. The SMILES string of the molecule is CNC(C)(C)C(=O)Cc1cc(Br)cc2c1OCC2. The zero-order valence-electron chi connectivity index (χ0n) is 11.0. The van der Waals surface area contributed by atoms with Gasteiger partial charge in [0.1, 0.15) is 5.75 Å². The van der Waals surface area contributed by atoms with Gasteiger partial charge in [-0.05, 0) is 38.6 Å². The van der Waals surface area contributed by atoms with Gasteiger partial charge in [0.2, 0.25) is 0 Å². The summed E-state index contributed by atoms with van der Waals surface area (Å²) in [6, 6.07) is 4.05. The van der Waals surface area contributed by atoms with Crippen molar-refractivity contribution < 1.29 is 9.53 Å². The summed E-state index contributed by atoms with van der Waals surface area (Å²) in [7, 11) is 1.81. The van der Waals surface area contributed by atoms with Gasteiger partial charge in [0.15, 0.2) is 5.78 Å². The molecule has 1 aromatic rings. The van der Waals surface area contributed by atoms with Crippen molar-refractivity contribution in [2.45, 2.75) is 32.2 Å². The summed E-state index contributed by atoms with van der Waals surface area (Å²) in [5, 5.41) is 3.04. The van der Waals surface area contributed by atoms with Gasteiger partial charge in [-0.15, -0.1) is 0 Å². The van der Waals surface area contributed by atoms with Crippen LogP contribution in [0.4, 0.5) is 0 Å². The van der Waals surface area contributed by atoms with Gasteiger partial charge in [-0.2, -0.15) is 0 Å². The van der Waals surface area contributed by atoms with E-state index in [2.05, 4.69) is 27.3 Å². The minimum Gasteiger partial charge on any atom is -0.493 e. The second kappa shape index (κ2) is 5.02. The summed E-state index contributed by atoms with van der Waals surface area (Å²) in [4.78, 5) is 12.2. The molecular formula is C14H18BrNO2. The predicted octanol–water partition coefficient (Wildman–Crippen LogP) is 2.49. The van der Waals surface area contributed by atoms with E-state index < -0.39 is 5.54 Å². The molecule has 0 saturated carbocycles. The quantitative estimate of drug-likeness (QED) is 0.928. The van der Waals surface area contributed by atoms with Crippen molar-refractivity contribution in [2.75, 3.05) is 13.7 Å². The Morgan fingerprint density at radius 3 is 2.89 bits per heavy atom. The third-order valence-corrected chi connectivity index (χ3v) is 3.96. The highest BCUT2D eigenvalue weighted by Crippen LogP contribution is 2.33. The van der Waals surface area contributed by atoms with Crippen LogP contribution in [0, 0.1) is 0 Å². The summed E-state index contributed by atoms with van der Waals surface area (Å²) in [6.45, 7) is 4.51. The van der Waals surface area contributed by atoms with Crippen LogP contribution in [0.1, 0.15) is 25.0 Å². The Labute approximate surface area is 116 Å². The van der Waals surface area contributed by atoms with E-state index in [1.165, 1.54) is 5.56 Å². The Kier molecular flexibility index (Phi) is 3.78. The molecule has 0 amide bonds. The number of Topliss-reactive ketones (excluding diaryl/α,β-unsaturated/α-hetero) is 1. The molecule has 0 fully saturated rings. The Morgan fingerprint density at radius 1 is 1.50 bits per heavy atom. The molecule has 0 saturated heterocycles. The number of carbonyl (C=O) groups excluding carboxylic acids is 1. The molecule has 18 heavy (non-hydrogen) atoms. The van der Waals surface area contributed by atoms with Crippen molar-refractivity contribution >= 4 is 21.7 Å². The summed E-state index contributed by atoms with van der Waals surface area (Å²) in [5.41, 5.74) is 1.66. The molecule has 1 aromatic carbocycles. The van der Waals surface area contributed by atoms with E-state index in [1.807, 2.05) is 19.9 Å². The summed E-state index contributed by atoms with van der Waals surface area (Å²) >= 11 is 3.49. The number of carbonyl (C=O) groups is 1. The lowest BCUT2D eigenvalue weighted by molar-refractivity contribution is -0.123. The molecule has 3 nitrogen and oxygen atoms in total. The Morgan fingerprint density at radius 2 is 2.22 bits per heavy atom. The maximum absolute atomic E-state index is 12.2. The van der Waals surface area contributed by atoms with Gasteiger partial charge in [0.05, 0.1) is 12.1 Å².